The number of benzene rings is 1. The van der Waals surface area contributed by atoms with Gasteiger partial charge < -0.3 is 15.2 Å². The lowest BCUT2D eigenvalue weighted by Crippen LogP contribution is -2.30. The highest BCUT2D eigenvalue weighted by atomic mass is 19.1. The Balaban J connectivity index is 2.11. The number of halogens is 1. The molecular formula is C13H14FNO4. The zero-order valence-corrected chi connectivity index (χ0v) is 10.2. The molecule has 1 amide bonds. The summed E-state index contributed by atoms with van der Waals surface area (Å²) in [6, 6.07) is 3.28. The average Bonchev–Trinajstić information content (AvgIpc) is 2.42. The van der Waals surface area contributed by atoms with Crippen LogP contribution in [0.15, 0.2) is 18.2 Å². The predicted octanol–water partition coefficient (Wildman–Crippen LogP) is 1.89. The zero-order valence-electron chi connectivity index (χ0n) is 10.2. The molecule has 0 aromatic heterocycles. The van der Waals surface area contributed by atoms with Crippen LogP contribution >= 0.6 is 0 Å². The molecule has 19 heavy (non-hydrogen) atoms. The zero-order chi connectivity index (χ0) is 13.8. The number of anilines is 1. The number of carbonyl (C=O) groups excluding carboxylic acids is 1. The van der Waals surface area contributed by atoms with Gasteiger partial charge >= 0.3 is 5.97 Å². The topological polar surface area (TPSA) is 75.6 Å². The Bertz CT molecular complexity index is 497. The lowest BCUT2D eigenvalue weighted by molar-refractivity contribution is -0.123. The number of carbonyl (C=O) groups is 2. The van der Waals surface area contributed by atoms with Crippen LogP contribution in [0.2, 0.25) is 0 Å². The van der Waals surface area contributed by atoms with Crippen LogP contribution in [-0.4, -0.2) is 30.2 Å². The Morgan fingerprint density at radius 2 is 2.21 bits per heavy atom. The first-order valence-electron chi connectivity index (χ1n) is 5.99. The number of ether oxygens (including phenoxy) is 1. The minimum absolute atomic E-state index is 0.0726. The van der Waals surface area contributed by atoms with Crippen LogP contribution in [0, 0.1) is 11.7 Å². The number of hydrogen-bond acceptors (Lipinski definition) is 3. The average molecular weight is 267 g/mol. The van der Waals surface area contributed by atoms with Crippen molar-refractivity contribution in [2.45, 2.75) is 12.8 Å². The van der Waals surface area contributed by atoms with Crippen LogP contribution in [0.4, 0.5) is 10.1 Å². The van der Waals surface area contributed by atoms with Crippen molar-refractivity contribution in [2.75, 3.05) is 18.5 Å². The minimum atomic E-state index is -1.17. The number of amides is 1. The van der Waals surface area contributed by atoms with Gasteiger partial charge in [0.2, 0.25) is 5.91 Å². The highest BCUT2D eigenvalue weighted by molar-refractivity contribution is 5.95. The van der Waals surface area contributed by atoms with Crippen molar-refractivity contribution < 1.29 is 23.8 Å². The van der Waals surface area contributed by atoms with E-state index < -0.39 is 11.8 Å². The van der Waals surface area contributed by atoms with Gasteiger partial charge in [0, 0.05) is 6.61 Å². The third-order valence-corrected chi connectivity index (χ3v) is 3.00. The van der Waals surface area contributed by atoms with Gasteiger partial charge in [-0.2, -0.15) is 0 Å². The summed E-state index contributed by atoms with van der Waals surface area (Å²) < 4.78 is 18.7. The Morgan fingerprint density at radius 3 is 2.84 bits per heavy atom. The molecule has 102 valence electrons. The van der Waals surface area contributed by atoms with E-state index in [1.807, 2.05) is 0 Å². The fourth-order valence-electron chi connectivity index (χ4n) is 1.94. The van der Waals surface area contributed by atoms with Gasteiger partial charge in [-0.05, 0) is 31.0 Å². The smallest absolute Gasteiger partial charge is 0.335 e. The maximum absolute atomic E-state index is 13.5. The Kier molecular flexibility index (Phi) is 4.11. The molecule has 1 fully saturated rings. The molecule has 1 aliphatic rings. The van der Waals surface area contributed by atoms with Crippen LogP contribution in [0.3, 0.4) is 0 Å². The van der Waals surface area contributed by atoms with E-state index in [1.165, 1.54) is 0 Å². The molecule has 0 spiro atoms. The van der Waals surface area contributed by atoms with Crippen molar-refractivity contribution in [3.8, 4) is 0 Å². The maximum Gasteiger partial charge on any atom is 0.335 e. The van der Waals surface area contributed by atoms with Crippen molar-refractivity contribution in [3.63, 3.8) is 0 Å². The first-order valence-corrected chi connectivity index (χ1v) is 5.99. The van der Waals surface area contributed by atoms with Crippen molar-refractivity contribution in [2.24, 2.45) is 5.92 Å². The van der Waals surface area contributed by atoms with Gasteiger partial charge in [0.1, 0.15) is 5.82 Å². The van der Waals surface area contributed by atoms with E-state index in [9.17, 15) is 14.0 Å². The summed E-state index contributed by atoms with van der Waals surface area (Å²) in [7, 11) is 0. The summed E-state index contributed by atoms with van der Waals surface area (Å²) >= 11 is 0. The second-order valence-corrected chi connectivity index (χ2v) is 4.40. The molecule has 1 heterocycles. The summed E-state index contributed by atoms with van der Waals surface area (Å²) in [5.41, 5.74) is -0.188. The van der Waals surface area contributed by atoms with E-state index in [0.717, 1.165) is 24.6 Å². The molecule has 1 aromatic rings. The Labute approximate surface area is 109 Å². The monoisotopic (exact) mass is 267 g/mol. The highest BCUT2D eigenvalue weighted by Crippen LogP contribution is 2.20. The lowest BCUT2D eigenvalue weighted by atomic mass is 10.0. The second kappa shape index (κ2) is 5.79. The molecule has 2 rings (SSSR count). The van der Waals surface area contributed by atoms with Crippen LogP contribution in [0.25, 0.3) is 0 Å². The van der Waals surface area contributed by atoms with Crippen LogP contribution in [0.5, 0.6) is 0 Å². The van der Waals surface area contributed by atoms with E-state index in [0.29, 0.717) is 19.6 Å². The molecule has 1 aromatic carbocycles. The molecule has 0 saturated carbocycles. The number of rotatable bonds is 3. The molecule has 5 nitrogen and oxygen atoms in total. The molecule has 1 atom stereocenters. The molecule has 1 aliphatic heterocycles. The van der Waals surface area contributed by atoms with E-state index >= 15 is 0 Å². The molecule has 0 bridgehead atoms. The SMILES string of the molecule is O=C(O)c1ccc(F)c(NC(=O)C2CCCOC2)c1. The standard InChI is InChI=1S/C13H14FNO4/c14-10-4-3-8(13(17)18)6-11(10)15-12(16)9-2-1-5-19-7-9/h3-4,6,9H,1-2,5,7H2,(H,15,16)(H,17,18). The van der Waals surface area contributed by atoms with Gasteiger partial charge in [0.05, 0.1) is 23.8 Å². The normalized spacial score (nSPS) is 18.9. The van der Waals surface area contributed by atoms with Gasteiger partial charge in [-0.1, -0.05) is 0 Å². The van der Waals surface area contributed by atoms with Gasteiger partial charge in [0.15, 0.2) is 0 Å². The molecule has 1 saturated heterocycles. The fourth-order valence-corrected chi connectivity index (χ4v) is 1.94. The van der Waals surface area contributed by atoms with Gasteiger partial charge in [0.25, 0.3) is 0 Å². The molecule has 0 radical (unpaired) electrons. The number of carboxylic acid groups (broad SMARTS) is 1. The molecule has 0 aliphatic carbocycles. The summed E-state index contributed by atoms with van der Waals surface area (Å²) in [6.07, 6.45) is 1.47. The van der Waals surface area contributed by atoms with Crippen molar-refractivity contribution >= 4 is 17.6 Å². The largest absolute Gasteiger partial charge is 0.478 e. The lowest BCUT2D eigenvalue weighted by Gasteiger charge is -2.21. The predicted molar refractivity (Wildman–Crippen MR) is 65.5 cm³/mol. The van der Waals surface area contributed by atoms with E-state index in [4.69, 9.17) is 9.84 Å². The van der Waals surface area contributed by atoms with Gasteiger partial charge in [-0.25, -0.2) is 9.18 Å². The highest BCUT2D eigenvalue weighted by Gasteiger charge is 2.22. The number of carboxylic acids is 1. The number of aromatic carboxylic acids is 1. The second-order valence-electron chi connectivity index (χ2n) is 4.40. The van der Waals surface area contributed by atoms with Crippen LogP contribution < -0.4 is 5.32 Å². The summed E-state index contributed by atoms with van der Waals surface area (Å²) in [4.78, 5) is 22.7. The molecule has 1 unspecified atom stereocenters. The fraction of sp³-hybridized carbons (Fsp3) is 0.385. The van der Waals surface area contributed by atoms with Crippen molar-refractivity contribution in [1.29, 1.82) is 0 Å². The quantitative estimate of drug-likeness (QED) is 0.876. The summed E-state index contributed by atoms with van der Waals surface area (Å²) in [5.74, 6) is -2.49. The Morgan fingerprint density at radius 1 is 1.42 bits per heavy atom. The van der Waals surface area contributed by atoms with Crippen molar-refractivity contribution in [3.05, 3.63) is 29.6 Å². The van der Waals surface area contributed by atoms with Gasteiger partial charge in [-0.15, -0.1) is 0 Å². The summed E-state index contributed by atoms with van der Waals surface area (Å²) in [5, 5.41) is 11.2. The van der Waals surface area contributed by atoms with E-state index in [-0.39, 0.29) is 23.1 Å². The molecule has 2 N–H and O–H groups in total. The maximum atomic E-state index is 13.5. The van der Waals surface area contributed by atoms with Crippen LogP contribution in [-0.2, 0) is 9.53 Å². The van der Waals surface area contributed by atoms with Crippen molar-refractivity contribution in [1.82, 2.24) is 0 Å². The van der Waals surface area contributed by atoms with E-state index in [1.54, 1.807) is 0 Å². The molecular weight excluding hydrogens is 253 g/mol. The Hall–Kier alpha value is -1.95. The van der Waals surface area contributed by atoms with Crippen LogP contribution in [0.1, 0.15) is 23.2 Å². The number of nitrogens with one attached hydrogen (secondary N) is 1. The minimum Gasteiger partial charge on any atom is -0.478 e. The first-order chi connectivity index (χ1) is 9.08. The van der Waals surface area contributed by atoms with Gasteiger partial charge in [-0.3, -0.25) is 4.79 Å². The van der Waals surface area contributed by atoms with E-state index in [2.05, 4.69) is 5.32 Å². The summed E-state index contributed by atoms with van der Waals surface area (Å²) in [6.45, 7) is 0.943. The first kappa shape index (κ1) is 13.5. The number of hydrogen-bond donors (Lipinski definition) is 2. The molecule has 6 heteroatoms. The third-order valence-electron chi connectivity index (χ3n) is 3.00. The third kappa shape index (κ3) is 3.29.